The van der Waals surface area contributed by atoms with Crippen molar-refractivity contribution in [3.63, 3.8) is 0 Å². The molecule has 2 aromatic carbocycles. The zero-order chi connectivity index (χ0) is 21.7. The van der Waals surface area contributed by atoms with Crippen LogP contribution in [0, 0.1) is 0 Å². The lowest BCUT2D eigenvalue weighted by atomic mass is 10.0. The molecule has 0 spiro atoms. The number of aromatic nitrogens is 1. The largest absolute Gasteiger partial charge is 0.485 e. The van der Waals surface area contributed by atoms with E-state index in [4.69, 9.17) is 10.5 Å². The first-order chi connectivity index (χ1) is 14.3. The van der Waals surface area contributed by atoms with E-state index in [1.165, 1.54) is 12.1 Å². The molecule has 0 saturated carbocycles. The number of amides is 1. The van der Waals surface area contributed by atoms with Crippen LogP contribution in [-0.4, -0.2) is 10.9 Å². The van der Waals surface area contributed by atoms with Crippen molar-refractivity contribution in [1.82, 2.24) is 4.98 Å². The number of ether oxygens (including phenoxy) is 1. The summed E-state index contributed by atoms with van der Waals surface area (Å²) in [5.74, 6) is -0.174. The lowest BCUT2D eigenvalue weighted by molar-refractivity contribution is -0.137. The average Bonchev–Trinajstić information content (AvgIpc) is 2.73. The summed E-state index contributed by atoms with van der Waals surface area (Å²) in [5, 5.41) is 0. The summed E-state index contributed by atoms with van der Waals surface area (Å²) in [5.41, 5.74) is 6.96. The van der Waals surface area contributed by atoms with E-state index < -0.39 is 17.6 Å². The van der Waals surface area contributed by atoms with Gasteiger partial charge in [0.1, 0.15) is 11.9 Å². The molecule has 0 radical (unpaired) electrons. The van der Waals surface area contributed by atoms with Crippen LogP contribution in [0.4, 0.5) is 13.2 Å². The third-order valence-electron chi connectivity index (χ3n) is 4.64. The van der Waals surface area contributed by atoms with E-state index >= 15 is 0 Å². The Kier molecular flexibility index (Phi) is 6.40. The molecule has 7 heteroatoms. The molecule has 3 aromatic rings. The van der Waals surface area contributed by atoms with E-state index in [2.05, 4.69) is 4.98 Å². The van der Waals surface area contributed by atoms with Crippen molar-refractivity contribution in [3.05, 3.63) is 83.6 Å². The van der Waals surface area contributed by atoms with Crippen molar-refractivity contribution in [2.24, 2.45) is 5.73 Å². The molecule has 0 aliphatic carbocycles. The number of nitrogens with zero attached hydrogens (tertiary/aromatic N) is 1. The smallest absolute Gasteiger partial charge is 0.416 e. The van der Waals surface area contributed by atoms with Gasteiger partial charge in [0.05, 0.1) is 16.8 Å². The monoisotopic (exact) mass is 414 g/mol. The highest BCUT2D eigenvalue weighted by Crippen LogP contribution is 2.32. The van der Waals surface area contributed by atoms with Gasteiger partial charge < -0.3 is 10.5 Å². The number of benzene rings is 2. The first-order valence-electron chi connectivity index (χ1n) is 9.48. The van der Waals surface area contributed by atoms with Crippen LogP contribution >= 0.6 is 0 Å². The number of carbonyl (C=O) groups excluding carboxylic acids is 1. The van der Waals surface area contributed by atoms with Crippen LogP contribution in [0.3, 0.4) is 0 Å². The molecule has 4 nitrogen and oxygen atoms in total. The van der Waals surface area contributed by atoms with Gasteiger partial charge in [0.15, 0.2) is 0 Å². The molecule has 2 N–H and O–H groups in total. The second-order valence-corrected chi connectivity index (χ2v) is 6.81. The van der Waals surface area contributed by atoms with E-state index in [1.807, 2.05) is 13.0 Å². The normalized spacial score (nSPS) is 12.4. The maximum absolute atomic E-state index is 12.7. The molecule has 156 valence electrons. The van der Waals surface area contributed by atoms with Crippen LogP contribution in [0.5, 0.6) is 5.75 Å². The molecule has 1 atom stereocenters. The van der Waals surface area contributed by atoms with Gasteiger partial charge in [-0.1, -0.05) is 43.7 Å². The Morgan fingerprint density at radius 2 is 1.77 bits per heavy atom. The first kappa shape index (κ1) is 21.4. The number of alkyl halides is 3. The third-order valence-corrected chi connectivity index (χ3v) is 4.64. The van der Waals surface area contributed by atoms with Gasteiger partial charge in [-0.25, -0.2) is 0 Å². The molecular formula is C23H21F3N2O2. The van der Waals surface area contributed by atoms with Crippen LogP contribution in [0.1, 0.15) is 47.4 Å². The van der Waals surface area contributed by atoms with Gasteiger partial charge in [0.25, 0.3) is 5.91 Å². The maximum atomic E-state index is 12.7. The molecule has 1 unspecified atom stereocenters. The molecule has 0 saturated heterocycles. The fraction of sp³-hybridized carbons (Fsp3) is 0.217. The van der Waals surface area contributed by atoms with E-state index in [0.717, 1.165) is 24.1 Å². The Morgan fingerprint density at radius 1 is 1.07 bits per heavy atom. The number of halogens is 3. The van der Waals surface area contributed by atoms with Crippen molar-refractivity contribution in [2.75, 3.05) is 0 Å². The summed E-state index contributed by atoms with van der Waals surface area (Å²) in [7, 11) is 0. The SMILES string of the molecule is CCCC(Oc1ccccc1C(N)=O)c1ccc(-c2ccc(C(F)(F)F)cc2)nc1. The zero-order valence-corrected chi connectivity index (χ0v) is 16.3. The second kappa shape index (κ2) is 8.98. The van der Waals surface area contributed by atoms with Crippen molar-refractivity contribution >= 4 is 5.91 Å². The Morgan fingerprint density at radius 3 is 2.33 bits per heavy atom. The molecule has 30 heavy (non-hydrogen) atoms. The maximum Gasteiger partial charge on any atom is 0.416 e. The number of hydrogen-bond acceptors (Lipinski definition) is 3. The van der Waals surface area contributed by atoms with Crippen LogP contribution < -0.4 is 10.5 Å². The van der Waals surface area contributed by atoms with Gasteiger partial charge in [-0.3, -0.25) is 9.78 Å². The molecule has 1 heterocycles. The molecule has 0 aliphatic rings. The minimum absolute atomic E-state index is 0.299. The standard InChI is InChI=1S/C23H21F3N2O2/c1-2-5-20(30-21-7-4-3-6-18(21)22(27)29)16-10-13-19(28-14-16)15-8-11-17(12-9-15)23(24,25)26/h3-4,6-14,20H,2,5H2,1H3,(H2,27,29). The van der Waals surface area contributed by atoms with Gasteiger partial charge in [-0.2, -0.15) is 13.2 Å². The van der Waals surface area contributed by atoms with Crippen molar-refractivity contribution < 1.29 is 22.7 Å². The Balaban J connectivity index is 1.83. The first-order valence-corrected chi connectivity index (χ1v) is 9.48. The molecule has 1 amide bonds. The molecular weight excluding hydrogens is 393 g/mol. The average molecular weight is 414 g/mol. The van der Waals surface area contributed by atoms with Crippen molar-refractivity contribution in [2.45, 2.75) is 32.0 Å². The summed E-state index contributed by atoms with van der Waals surface area (Å²) in [4.78, 5) is 16.0. The zero-order valence-electron chi connectivity index (χ0n) is 16.3. The van der Waals surface area contributed by atoms with E-state index in [9.17, 15) is 18.0 Å². The summed E-state index contributed by atoms with van der Waals surface area (Å²) in [6.07, 6.45) is -1.55. The lowest BCUT2D eigenvalue weighted by Crippen LogP contribution is -2.15. The highest BCUT2D eigenvalue weighted by molar-refractivity contribution is 5.95. The van der Waals surface area contributed by atoms with E-state index in [-0.39, 0.29) is 6.10 Å². The van der Waals surface area contributed by atoms with Crippen molar-refractivity contribution in [1.29, 1.82) is 0 Å². The van der Waals surface area contributed by atoms with Gasteiger partial charge in [-0.05, 0) is 36.8 Å². The minimum Gasteiger partial charge on any atom is -0.485 e. The second-order valence-electron chi connectivity index (χ2n) is 6.81. The fourth-order valence-electron chi connectivity index (χ4n) is 3.08. The predicted octanol–water partition coefficient (Wildman–Crippen LogP) is 5.79. The van der Waals surface area contributed by atoms with Gasteiger partial charge >= 0.3 is 6.18 Å². The molecule has 3 rings (SSSR count). The quantitative estimate of drug-likeness (QED) is 0.532. The third kappa shape index (κ3) is 4.97. The Labute approximate surface area is 172 Å². The minimum atomic E-state index is -4.37. The number of nitrogens with two attached hydrogens (primary N) is 1. The topological polar surface area (TPSA) is 65.2 Å². The Hall–Kier alpha value is -3.35. The number of carbonyl (C=O) groups is 1. The van der Waals surface area contributed by atoms with E-state index in [0.29, 0.717) is 29.0 Å². The molecule has 1 aromatic heterocycles. The van der Waals surface area contributed by atoms with Crippen LogP contribution in [-0.2, 0) is 6.18 Å². The summed E-state index contributed by atoms with van der Waals surface area (Å²) in [6.45, 7) is 2.01. The lowest BCUT2D eigenvalue weighted by Gasteiger charge is -2.20. The molecule has 0 bridgehead atoms. The van der Waals surface area contributed by atoms with Gasteiger partial charge in [0, 0.05) is 17.3 Å². The predicted molar refractivity (Wildman–Crippen MR) is 108 cm³/mol. The van der Waals surface area contributed by atoms with Crippen LogP contribution in [0.15, 0.2) is 66.9 Å². The number of pyridine rings is 1. The van der Waals surface area contributed by atoms with Gasteiger partial charge in [-0.15, -0.1) is 0 Å². The summed E-state index contributed by atoms with van der Waals surface area (Å²) < 4.78 is 44.3. The summed E-state index contributed by atoms with van der Waals surface area (Å²) >= 11 is 0. The molecule has 0 aliphatic heterocycles. The highest BCUT2D eigenvalue weighted by atomic mass is 19.4. The fourth-order valence-corrected chi connectivity index (χ4v) is 3.08. The van der Waals surface area contributed by atoms with Crippen molar-refractivity contribution in [3.8, 4) is 17.0 Å². The number of rotatable bonds is 7. The summed E-state index contributed by atoms with van der Waals surface area (Å²) in [6, 6.07) is 15.2. The highest BCUT2D eigenvalue weighted by Gasteiger charge is 2.30. The number of para-hydroxylation sites is 1. The van der Waals surface area contributed by atoms with Crippen LogP contribution in [0.25, 0.3) is 11.3 Å². The number of primary amides is 1. The van der Waals surface area contributed by atoms with Crippen LogP contribution in [0.2, 0.25) is 0 Å². The van der Waals surface area contributed by atoms with E-state index in [1.54, 1.807) is 36.5 Å². The molecule has 0 fully saturated rings. The van der Waals surface area contributed by atoms with Gasteiger partial charge in [0.2, 0.25) is 0 Å². The Bertz CT molecular complexity index is 1000. The number of hydrogen-bond donors (Lipinski definition) is 1.